The van der Waals surface area contributed by atoms with Crippen LogP contribution in [0.5, 0.6) is 5.75 Å². The lowest BCUT2D eigenvalue weighted by atomic mass is 10.1. The van der Waals surface area contributed by atoms with Crippen LogP contribution in [0.1, 0.15) is 36.5 Å². The summed E-state index contributed by atoms with van der Waals surface area (Å²) >= 11 is 0. The number of hydrogen-bond donors (Lipinski definition) is 0. The smallest absolute Gasteiger partial charge is 0.338 e. The molecule has 0 fully saturated rings. The van der Waals surface area contributed by atoms with E-state index in [4.69, 9.17) is 9.47 Å². The van der Waals surface area contributed by atoms with Crippen LogP contribution in [0.15, 0.2) is 35.9 Å². The van der Waals surface area contributed by atoms with Crippen molar-refractivity contribution < 1.29 is 23.9 Å². The maximum absolute atomic E-state index is 11.8. The van der Waals surface area contributed by atoms with Gasteiger partial charge in [0.25, 0.3) is 0 Å². The number of esters is 2. The van der Waals surface area contributed by atoms with Crippen LogP contribution in [0.4, 0.5) is 0 Å². The molecule has 0 heterocycles. The Morgan fingerprint density at radius 1 is 1.29 bits per heavy atom. The van der Waals surface area contributed by atoms with Gasteiger partial charge in [-0.05, 0) is 31.5 Å². The van der Waals surface area contributed by atoms with E-state index in [1.165, 1.54) is 6.07 Å². The molecule has 0 bridgehead atoms. The molecule has 5 nitrogen and oxygen atoms in total. The van der Waals surface area contributed by atoms with E-state index in [0.717, 1.165) is 0 Å². The van der Waals surface area contributed by atoms with Crippen molar-refractivity contribution in [3.63, 3.8) is 0 Å². The predicted octanol–water partition coefficient (Wildman–Crippen LogP) is 2.45. The zero-order valence-electron chi connectivity index (χ0n) is 11.8. The van der Waals surface area contributed by atoms with Crippen molar-refractivity contribution in [2.45, 2.75) is 26.2 Å². The van der Waals surface area contributed by atoms with Gasteiger partial charge in [-0.3, -0.25) is 9.59 Å². The highest BCUT2D eigenvalue weighted by Crippen LogP contribution is 2.19. The first-order valence-electron chi connectivity index (χ1n) is 6.80. The summed E-state index contributed by atoms with van der Waals surface area (Å²) in [6.45, 7) is 1.99. The molecule has 0 N–H and O–H groups in total. The summed E-state index contributed by atoms with van der Waals surface area (Å²) in [6, 6.07) is 6.21. The van der Waals surface area contributed by atoms with Gasteiger partial charge >= 0.3 is 11.9 Å². The van der Waals surface area contributed by atoms with Crippen molar-refractivity contribution in [3.05, 3.63) is 41.5 Å². The summed E-state index contributed by atoms with van der Waals surface area (Å²) in [6.07, 6.45) is 2.86. The van der Waals surface area contributed by atoms with Gasteiger partial charge < -0.3 is 9.47 Å². The first kappa shape index (κ1) is 15.0. The zero-order valence-corrected chi connectivity index (χ0v) is 11.8. The fourth-order valence-electron chi connectivity index (χ4n) is 2.05. The standard InChI is InChI=1S/C16H16O5/c1-2-20-16(19)12-6-3-7-13(9-12)21-15(18)10-11-5-4-8-14(11)17/h3,5-7,9H,2,4,8,10H2,1H3. The molecule has 0 unspecified atom stereocenters. The molecular weight excluding hydrogens is 272 g/mol. The number of allylic oxidation sites excluding steroid dienone is 1. The van der Waals surface area contributed by atoms with E-state index in [1.807, 2.05) is 0 Å². The molecule has 1 aromatic carbocycles. The van der Waals surface area contributed by atoms with Crippen LogP contribution in [-0.4, -0.2) is 24.3 Å². The van der Waals surface area contributed by atoms with E-state index in [2.05, 4.69) is 0 Å². The molecule has 1 aromatic rings. The summed E-state index contributed by atoms with van der Waals surface area (Å²) < 4.78 is 10.0. The van der Waals surface area contributed by atoms with Gasteiger partial charge in [0.2, 0.25) is 0 Å². The van der Waals surface area contributed by atoms with Gasteiger partial charge in [-0.25, -0.2) is 4.79 Å². The van der Waals surface area contributed by atoms with E-state index >= 15 is 0 Å². The number of carbonyl (C=O) groups excluding carboxylic acids is 3. The Balaban J connectivity index is 1.99. The number of rotatable bonds is 5. The Morgan fingerprint density at radius 2 is 2.10 bits per heavy atom. The van der Waals surface area contributed by atoms with E-state index in [1.54, 1.807) is 31.2 Å². The van der Waals surface area contributed by atoms with Gasteiger partial charge in [-0.2, -0.15) is 0 Å². The van der Waals surface area contributed by atoms with Gasteiger partial charge in [0.1, 0.15) is 5.75 Å². The number of carbonyl (C=O) groups is 3. The average Bonchev–Trinajstić information content (AvgIpc) is 2.84. The van der Waals surface area contributed by atoms with Crippen LogP contribution in [-0.2, 0) is 14.3 Å². The highest BCUT2D eigenvalue weighted by Gasteiger charge is 2.19. The summed E-state index contributed by atoms with van der Waals surface area (Å²) in [5.74, 6) is -0.731. The maximum atomic E-state index is 11.8. The van der Waals surface area contributed by atoms with Crippen LogP contribution in [0.3, 0.4) is 0 Å². The molecular formula is C16H16O5. The summed E-state index contributed by atoms with van der Waals surface area (Å²) in [5, 5.41) is 0. The van der Waals surface area contributed by atoms with Gasteiger partial charge in [0.15, 0.2) is 5.78 Å². The van der Waals surface area contributed by atoms with Crippen LogP contribution in [0, 0.1) is 0 Å². The molecule has 0 spiro atoms. The van der Waals surface area contributed by atoms with E-state index in [-0.39, 0.29) is 24.6 Å². The average molecular weight is 288 g/mol. The second kappa shape index (κ2) is 6.83. The van der Waals surface area contributed by atoms with Crippen molar-refractivity contribution in [1.29, 1.82) is 0 Å². The lowest BCUT2D eigenvalue weighted by Gasteiger charge is -2.06. The van der Waals surface area contributed by atoms with E-state index < -0.39 is 11.9 Å². The first-order chi connectivity index (χ1) is 10.1. The van der Waals surface area contributed by atoms with E-state index in [9.17, 15) is 14.4 Å². The Kier molecular flexibility index (Phi) is 4.87. The Labute approximate surface area is 122 Å². The minimum Gasteiger partial charge on any atom is -0.462 e. The summed E-state index contributed by atoms with van der Waals surface area (Å²) in [4.78, 5) is 34.8. The molecule has 0 aromatic heterocycles. The number of hydrogen-bond acceptors (Lipinski definition) is 5. The quantitative estimate of drug-likeness (QED) is 0.615. The number of ether oxygens (including phenoxy) is 2. The van der Waals surface area contributed by atoms with Gasteiger partial charge in [-0.1, -0.05) is 12.1 Å². The summed E-state index contributed by atoms with van der Waals surface area (Å²) in [5.41, 5.74) is 0.819. The molecule has 1 aliphatic rings. The van der Waals surface area contributed by atoms with Crippen molar-refractivity contribution in [2.24, 2.45) is 0 Å². The molecule has 0 radical (unpaired) electrons. The topological polar surface area (TPSA) is 69.7 Å². The molecule has 21 heavy (non-hydrogen) atoms. The number of benzene rings is 1. The molecule has 0 amide bonds. The minimum absolute atomic E-state index is 0.00720. The van der Waals surface area contributed by atoms with Crippen molar-refractivity contribution in [3.8, 4) is 5.75 Å². The largest absolute Gasteiger partial charge is 0.462 e. The SMILES string of the molecule is CCOC(=O)c1cccc(OC(=O)CC2=CCCC2=O)c1. The third kappa shape index (κ3) is 4.02. The Hall–Kier alpha value is -2.43. The Bertz CT molecular complexity index is 600. The monoisotopic (exact) mass is 288 g/mol. The van der Waals surface area contributed by atoms with Gasteiger partial charge in [0.05, 0.1) is 18.6 Å². The lowest BCUT2D eigenvalue weighted by Crippen LogP contribution is -2.12. The lowest BCUT2D eigenvalue weighted by molar-refractivity contribution is -0.134. The Morgan fingerprint density at radius 3 is 2.76 bits per heavy atom. The van der Waals surface area contributed by atoms with E-state index in [0.29, 0.717) is 24.0 Å². The molecule has 0 saturated carbocycles. The maximum Gasteiger partial charge on any atom is 0.338 e. The van der Waals surface area contributed by atoms with Crippen LogP contribution < -0.4 is 4.74 Å². The summed E-state index contributed by atoms with van der Waals surface area (Å²) in [7, 11) is 0. The van der Waals surface area contributed by atoms with Crippen LogP contribution >= 0.6 is 0 Å². The second-order valence-electron chi connectivity index (χ2n) is 4.59. The van der Waals surface area contributed by atoms with Crippen molar-refractivity contribution in [1.82, 2.24) is 0 Å². The molecule has 0 atom stereocenters. The fourth-order valence-corrected chi connectivity index (χ4v) is 2.05. The molecule has 1 aliphatic carbocycles. The number of Topliss-reactive ketones (excluding diaryl/α,β-unsaturated/α-hetero) is 1. The van der Waals surface area contributed by atoms with Gasteiger partial charge in [0, 0.05) is 12.0 Å². The zero-order chi connectivity index (χ0) is 15.2. The molecule has 0 aliphatic heterocycles. The third-order valence-corrected chi connectivity index (χ3v) is 3.03. The fraction of sp³-hybridized carbons (Fsp3) is 0.312. The van der Waals surface area contributed by atoms with Crippen molar-refractivity contribution >= 4 is 17.7 Å². The minimum atomic E-state index is -0.516. The number of ketones is 1. The second-order valence-corrected chi connectivity index (χ2v) is 4.59. The van der Waals surface area contributed by atoms with Gasteiger partial charge in [-0.15, -0.1) is 0 Å². The molecule has 110 valence electrons. The van der Waals surface area contributed by atoms with Crippen LogP contribution in [0.2, 0.25) is 0 Å². The predicted molar refractivity (Wildman–Crippen MR) is 75.0 cm³/mol. The molecule has 0 saturated heterocycles. The molecule has 5 heteroatoms. The normalized spacial score (nSPS) is 13.8. The van der Waals surface area contributed by atoms with Crippen LogP contribution in [0.25, 0.3) is 0 Å². The highest BCUT2D eigenvalue weighted by molar-refractivity contribution is 6.01. The first-order valence-corrected chi connectivity index (χ1v) is 6.80. The molecule has 2 rings (SSSR count). The third-order valence-electron chi connectivity index (χ3n) is 3.03. The van der Waals surface area contributed by atoms with Crippen molar-refractivity contribution in [2.75, 3.05) is 6.61 Å². The highest BCUT2D eigenvalue weighted by atomic mass is 16.5.